The molecule has 1 atom stereocenters. The molecule has 1 aliphatic heterocycles. The molecule has 4 rings (SSSR count). The van der Waals surface area contributed by atoms with E-state index in [2.05, 4.69) is 10.4 Å². The van der Waals surface area contributed by atoms with E-state index in [0.717, 1.165) is 22.5 Å². The van der Waals surface area contributed by atoms with Gasteiger partial charge in [0.2, 0.25) is 11.8 Å². The lowest BCUT2D eigenvalue weighted by atomic mass is 9.89. The fourth-order valence-corrected chi connectivity index (χ4v) is 3.66. The summed E-state index contributed by atoms with van der Waals surface area (Å²) in [6, 6.07) is 17.7. The molecule has 0 bridgehead atoms. The Morgan fingerprint density at radius 3 is 2.76 bits per heavy atom. The summed E-state index contributed by atoms with van der Waals surface area (Å²) >= 11 is 0. The quantitative estimate of drug-likeness (QED) is 0.704. The smallest absolute Gasteiger partial charge is 0.227 e. The lowest BCUT2D eigenvalue weighted by Crippen LogP contribution is -2.32. The Bertz CT molecular complexity index is 1010. The maximum Gasteiger partial charge on any atom is 0.227 e. The number of benzene rings is 2. The minimum atomic E-state index is -0.164. The first kappa shape index (κ1) is 18.9. The zero-order valence-corrected chi connectivity index (χ0v) is 16.4. The predicted molar refractivity (Wildman–Crippen MR) is 112 cm³/mol. The molecular formula is C23H24N4O2. The molecule has 1 aliphatic rings. The van der Waals surface area contributed by atoms with Gasteiger partial charge in [-0.05, 0) is 36.6 Å². The van der Waals surface area contributed by atoms with Crippen molar-refractivity contribution in [3.63, 3.8) is 0 Å². The molecule has 148 valence electrons. The summed E-state index contributed by atoms with van der Waals surface area (Å²) in [7, 11) is 1.79. The molecule has 2 aromatic carbocycles. The molecule has 0 saturated carbocycles. The molecule has 2 heterocycles. The van der Waals surface area contributed by atoms with Crippen molar-refractivity contribution in [2.24, 2.45) is 5.92 Å². The summed E-state index contributed by atoms with van der Waals surface area (Å²) in [4.78, 5) is 26.6. The number of carbonyl (C=O) groups excluding carboxylic acids is 2. The molecular weight excluding hydrogens is 364 g/mol. The first-order valence-electron chi connectivity index (χ1n) is 9.82. The van der Waals surface area contributed by atoms with Crippen LogP contribution in [0.3, 0.4) is 0 Å². The third-order valence-electron chi connectivity index (χ3n) is 5.32. The van der Waals surface area contributed by atoms with Crippen LogP contribution in [0.1, 0.15) is 24.0 Å². The SMILES string of the molecule is CN(Cc1cnn(-c2ccccc2)c1)C(=O)CC[C@H]1Cc2ccccc2NC1=O. The lowest BCUT2D eigenvalue weighted by molar-refractivity contribution is -0.131. The van der Waals surface area contributed by atoms with E-state index in [9.17, 15) is 9.59 Å². The van der Waals surface area contributed by atoms with Crippen LogP contribution in [-0.4, -0.2) is 33.5 Å². The molecule has 0 fully saturated rings. The summed E-state index contributed by atoms with van der Waals surface area (Å²) < 4.78 is 1.80. The minimum absolute atomic E-state index is 0.00305. The van der Waals surface area contributed by atoms with Crippen LogP contribution >= 0.6 is 0 Å². The minimum Gasteiger partial charge on any atom is -0.341 e. The summed E-state index contributed by atoms with van der Waals surface area (Å²) in [5.74, 6) is -0.129. The monoisotopic (exact) mass is 388 g/mol. The molecule has 1 aromatic heterocycles. The first-order chi connectivity index (χ1) is 14.1. The van der Waals surface area contributed by atoms with E-state index < -0.39 is 0 Å². The Labute approximate surface area is 170 Å². The van der Waals surface area contributed by atoms with Crippen molar-refractivity contribution in [3.8, 4) is 5.69 Å². The van der Waals surface area contributed by atoms with Gasteiger partial charge in [-0.25, -0.2) is 4.68 Å². The number of nitrogens with zero attached hydrogens (tertiary/aromatic N) is 3. The van der Waals surface area contributed by atoms with Crippen LogP contribution in [0.25, 0.3) is 5.69 Å². The summed E-state index contributed by atoms with van der Waals surface area (Å²) in [5.41, 5.74) is 3.96. The fraction of sp³-hybridized carbons (Fsp3) is 0.261. The second-order valence-corrected chi connectivity index (χ2v) is 7.46. The third-order valence-corrected chi connectivity index (χ3v) is 5.32. The van der Waals surface area contributed by atoms with E-state index in [1.54, 1.807) is 22.8 Å². The normalized spacial score (nSPS) is 15.5. The van der Waals surface area contributed by atoms with Crippen molar-refractivity contribution in [2.45, 2.75) is 25.8 Å². The topological polar surface area (TPSA) is 67.2 Å². The van der Waals surface area contributed by atoms with Crippen LogP contribution in [0, 0.1) is 5.92 Å². The van der Waals surface area contributed by atoms with Gasteiger partial charge in [-0.2, -0.15) is 5.10 Å². The number of fused-ring (bicyclic) bond motifs is 1. The van der Waals surface area contributed by atoms with Gasteiger partial charge in [-0.3, -0.25) is 9.59 Å². The fourth-order valence-electron chi connectivity index (χ4n) is 3.66. The molecule has 29 heavy (non-hydrogen) atoms. The van der Waals surface area contributed by atoms with Gasteiger partial charge in [-0.15, -0.1) is 0 Å². The van der Waals surface area contributed by atoms with E-state index in [1.807, 2.05) is 60.8 Å². The number of nitrogens with one attached hydrogen (secondary N) is 1. The second kappa shape index (κ2) is 8.31. The van der Waals surface area contributed by atoms with Gasteiger partial charge in [0.15, 0.2) is 0 Å². The lowest BCUT2D eigenvalue weighted by Gasteiger charge is -2.25. The van der Waals surface area contributed by atoms with Crippen molar-refractivity contribution < 1.29 is 9.59 Å². The molecule has 6 heteroatoms. The highest BCUT2D eigenvalue weighted by Gasteiger charge is 2.26. The van der Waals surface area contributed by atoms with Crippen LogP contribution in [0.5, 0.6) is 0 Å². The third kappa shape index (κ3) is 4.37. The predicted octanol–water partition coefficient (Wildman–Crippen LogP) is 3.42. The van der Waals surface area contributed by atoms with Crippen LogP contribution in [0.4, 0.5) is 5.69 Å². The van der Waals surface area contributed by atoms with Crippen LogP contribution in [0.2, 0.25) is 0 Å². The second-order valence-electron chi connectivity index (χ2n) is 7.46. The van der Waals surface area contributed by atoms with E-state index in [4.69, 9.17) is 0 Å². The highest BCUT2D eigenvalue weighted by Crippen LogP contribution is 2.27. The van der Waals surface area contributed by atoms with Crippen LogP contribution in [0.15, 0.2) is 67.0 Å². The average molecular weight is 388 g/mol. The Hall–Kier alpha value is -3.41. The molecule has 2 amide bonds. The van der Waals surface area contributed by atoms with Gasteiger partial charge < -0.3 is 10.2 Å². The van der Waals surface area contributed by atoms with E-state index in [1.165, 1.54) is 0 Å². The molecule has 0 aliphatic carbocycles. The van der Waals surface area contributed by atoms with Gasteiger partial charge in [0.1, 0.15) is 0 Å². The van der Waals surface area contributed by atoms with Crippen molar-refractivity contribution in [1.29, 1.82) is 0 Å². The standard InChI is InChI=1S/C23H24N4O2/c1-26(15-17-14-24-27(16-17)20-8-3-2-4-9-20)22(28)12-11-19-13-18-7-5-6-10-21(18)25-23(19)29/h2-10,14,16,19H,11-13,15H2,1H3,(H,25,29)/t19-/m0/s1. The molecule has 0 radical (unpaired) electrons. The number of rotatable bonds is 6. The van der Waals surface area contributed by atoms with Crippen LogP contribution in [-0.2, 0) is 22.6 Å². The maximum absolute atomic E-state index is 12.6. The number of anilines is 1. The number of carbonyl (C=O) groups is 2. The van der Waals surface area contributed by atoms with Gasteiger partial charge in [-0.1, -0.05) is 36.4 Å². The summed E-state index contributed by atoms with van der Waals surface area (Å²) in [6.07, 6.45) is 5.30. The number of aromatic nitrogens is 2. The molecule has 3 aromatic rings. The van der Waals surface area contributed by atoms with Crippen molar-refractivity contribution in [2.75, 3.05) is 12.4 Å². The molecule has 6 nitrogen and oxygen atoms in total. The zero-order chi connectivity index (χ0) is 20.2. The molecule has 0 spiro atoms. The summed E-state index contributed by atoms with van der Waals surface area (Å²) in [6.45, 7) is 0.491. The van der Waals surface area contributed by atoms with Crippen molar-refractivity contribution >= 4 is 17.5 Å². The van der Waals surface area contributed by atoms with Gasteiger partial charge >= 0.3 is 0 Å². The van der Waals surface area contributed by atoms with Gasteiger partial charge in [0.05, 0.1) is 11.9 Å². The highest BCUT2D eigenvalue weighted by molar-refractivity contribution is 5.96. The Kier molecular flexibility index (Phi) is 5.42. The number of hydrogen-bond acceptors (Lipinski definition) is 3. The number of amides is 2. The number of hydrogen-bond donors (Lipinski definition) is 1. The zero-order valence-electron chi connectivity index (χ0n) is 16.4. The maximum atomic E-state index is 12.6. The van der Waals surface area contributed by atoms with Crippen molar-refractivity contribution in [1.82, 2.24) is 14.7 Å². The van der Waals surface area contributed by atoms with E-state index in [0.29, 0.717) is 25.8 Å². The Morgan fingerprint density at radius 1 is 1.17 bits per heavy atom. The average Bonchev–Trinajstić information content (AvgIpc) is 3.21. The molecule has 0 saturated heterocycles. The van der Waals surface area contributed by atoms with E-state index in [-0.39, 0.29) is 17.7 Å². The molecule has 1 N–H and O–H groups in total. The summed E-state index contributed by atoms with van der Waals surface area (Å²) in [5, 5.41) is 7.32. The molecule has 0 unspecified atom stereocenters. The van der Waals surface area contributed by atoms with Gasteiger partial charge in [0, 0.05) is 43.4 Å². The highest BCUT2D eigenvalue weighted by atomic mass is 16.2. The number of para-hydroxylation sites is 2. The Morgan fingerprint density at radius 2 is 1.93 bits per heavy atom. The van der Waals surface area contributed by atoms with E-state index >= 15 is 0 Å². The van der Waals surface area contributed by atoms with Crippen LogP contribution < -0.4 is 5.32 Å². The van der Waals surface area contributed by atoms with Crippen molar-refractivity contribution in [3.05, 3.63) is 78.1 Å². The first-order valence-corrected chi connectivity index (χ1v) is 9.82. The van der Waals surface area contributed by atoms with Gasteiger partial charge in [0.25, 0.3) is 0 Å². The largest absolute Gasteiger partial charge is 0.341 e. The Balaban J connectivity index is 1.31.